The lowest BCUT2D eigenvalue weighted by molar-refractivity contribution is -0.145. The molecule has 2 aliphatic heterocycles. The molecular formula is C52H67NO7Si. The van der Waals surface area contributed by atoms with Gasteiger partial charge in [-0.3, -0.25) is 0 Å². The first kappa shape index (κ1) is 47.2. The Labute approximate surface area is 365 Å². The van der Waals surface area contributed by atoms with Crippen LogP contribution in [0, 0.1) is 0 Å². The molecule has 61 heavy (non-hydrogen) atoms. The van der Waals surface area contributed by atoms with Gasteiger partial charge in [-0.15, -0.1) is 0 Å². The maximum absolute atomic E-state index is 13.9. The van der Waals surface area contributed by atoms with Crippen molar-refractivity contribution < 1.29 is 33.0 Å². The molecule has 3 aromatic carbocycles. The molecule has 5 atom stereocenters. The zero-order chi connectivity index (χ0) is 44.0. The number of hydrogen-bond donors (Lipinski definition) is 1. The maximum Gasteiger partial charge on any atom is 0.408 e. The van der Waals surface area contributed by atoms with Crippen LogP contribution in [0.4, 0.5) is 4.79 Å². The van der Waals surface area contributed by atoms with Crippen LogP contribution in [0.2, 0.25) is 5.04 Å². The highest BCUT2D eigenvalue weighted by Gasteiger charge is 2.51. The van der Waals surface area contributed by atoms with Gasteiger partial charge in [0.05, 0.1) is 37.6 Å². The van der Waals surface area contributed by atoms with Crippen LogP contribution in [-0.2, 0) is 34.8 Å². The van der Waals surface area contributed by atoms with E-state index in [-0.39, 0.29) is 30.0 Å². The summed E-state index contributed by atoms with van der Waals surface area (Å²) in [5, 5.41) is 4.96. The van der Waals surface area contributed by atoms with Crippen molar-refractivity contribution in [1.29, 1.82) is 0 Å². The van der Waals surface area contributed by atoms with Crippen LogP contribution < -0.4 is 15.7 Å². The van der Waals surface area contributed by atoms with Crippen LogP contribution in [0.15, 0.2) is 151 Å². The summed E-state index contributed by atoms with van der Waals surface area (Å²) >= 11 is 0. The fourth-order valence-electron chi connectivity index (χ4n) is 8.12. The Hall–Kier alpha value is -4.80. The Morgan fingerprint density at radius 1 is 0.852 bits per heavy atom. The predicted molar refractivity (Wildman–Crippen MR) is 248 cm³/mol. The molecule has 9 heteroatoms. The quantitative estimate of drug-likeness (QED) is 0.123. The lowest BCUT2D eigenvalue weighted by Gasteiger charge is -2.44. The SMILES string of the molecule is C=C1C[C@@H]2C/C=C/C(OCc3ccccc3)C/C(C)=C/C=C/C(=O)O[C@H]([C@H](CO[Si](c3ccccc3)(c3ccccc3)C(C)(C)C)NC(=O)OC(C)(C)C)C/C(C)=C/[C@H](C1)O2. The summed E-state index contributed by atoms with van der Waals surface area (Å²) in [5.74, 6) is -0.538. The Bertz CT molecular complexity index is 1970. The number of rotatable bonds is 10. The van der Waals surface area contributed by atoms with Gasteiger partial charge < -0.3 is 28.7 Å². The van der Waals surface area contributed by atoms with Gasteiger partial charge in [-0.05, 0) is 81.3 Å². The number of allylic oxidation sites excluding steroid dienone is 2. The highest BCUT2D eigenvalue weighted by molar-refractivity contribution is 6.99. The Morgan fingerprint density at radius 2 is 1.48 bits per heavy atom. The van der Waals surface area contributed by atoms with Crippen molar-refractivity contribution in [3.63, 3.8) is 0 Å². The molecule has 8 nitrogen and oxygen atoms in total. The number of benzene rings is 3. The van der Waals surface area contributed by atoms with Crippen molar-refractivity contribution in [1.82, 2.24) is 5.32 Å². The van der Waals surface area contributed by atoms with E-state index in [4.69, 9.17) is 23.4 Å². The molecule has 0 saturated carbocycles. The largest absolute Gasteiger partial charge is 0.457 e. The summed E-state index contributed by atoms with van der Waals surface area (Å²) in [6, 6.07) is 30.0. The smallest absolute Gasteiger partial charge is 0.408 e. The van der Waals surface area contributed by atoms with Gasteiger partial charge in [0.15, 0.2) is 0 Å². The molecule has 2 heterocycles. The lowest BCUT2D eigenvalue weighted by Crippen LogP contribution is -2.68. The zero-order valence-corrected chi connectivity index (χ0v) is 38.5. The van der Waals surface area contributed by atoms with Gasteiger partial charge in [0.25, 0.3) is 8.32 Å². The minimum absolute atomic E-state index is 0.0464. The molecule has 1 amide bonds. The van der Waals surface area contributed by atoms with E-state index in [2.05, 4.69) is 87.3 Å². The van der Waals surface area contributed by atoms with E-state index in [0.29, 0.717) is 25.9 Å². The number of carbonyl (C=O) groups excluding carboxylic acids is 2. The van der Waals surface area contributed by atoms with E-state index in [1.165, 1.54) is 6.08 Å². The van der Waals surface area contributed by atoms with Crippen molar-refractivity contribution >= 4 is 30.8 Å². The van der Waals surface area contributed by atoms with E-state index in [9.17, 15) is 9.59 Å². The monoisotopic (exact) mass is 845 g/mol. The second-order valence-corrected chi connectivity index (χ2v) is 22.8. The number of amides is 1. The molecule has 0 aliphatic carbocycles. The van der Waals surface area contributed by atoms with Crippen LogP contribution in [0.5, 0.6) is 0 Å². The normalized spacial score (nSPS) is 24.3. The maximum atomic E-state index is 13.9. The third-order valence-electron chi connectivity index (χ3n) is 10.9. The highest BCUT2D eigenvalue weighted by atomic mass is 28.4. The summed E-state index contributed by atoms with van der Waals surface area (Å²) in [4.78, 5) is 27.6. The Kier molecular flexibility index (Phi) is 16.9. The number of cyclic esters (lactones) is 1. The number of ether oxygens (including phenoxy) is 4. The van der Waals surface area contributed by atoms with Crippen molar-refractivity contribution in [3.8, 4) is 0 Å². The molecular weight excluding hydrogens is 779 g/mol. The Morgan fingerprint density at radius 3 is 2.08 bits per heavy atom. The number of hydrogen-bond acceptors (Lipinski definition) is 7. The summed E-state index contributed by atoms with van der Waals surface area (Å²) in [5.41, 5.74) is 3.45. The second kappa shape index (κ2) is 21.8. The van der Waals surface area contributed by atoms with Crippen molar-refractivity contribution in [3.05, 3.63) is 156 Å². The molecule has 1 N–H and O–H groups in total. The first-order valence-corrected chi connectivity index (χ1v) is 23.5. The summed E-state index contributed by atoms with van der Waals surface area (Å²) in [7, 11) is -3.07. The van der Waals surface area contributed by atoms with Gasteiger partial charge in [-0.1, -0.05) is 165 Å². The zero-order valence-electron chi connectivity index (χ0n) is 37.5. The Balaban J connectivity index is 1.52. The summed E-state index contributed by atoms with van der Waals surface area (Å²) < 4.78 is 32.6. The van der Waals surface area contributed by atoms with Gasteiger partial charge in [0, 0.05) is 12.5 Å². The molecule has 0 spiro atoms. The number of alkyl carbamates (subject to hydrolysis) is 1. The lowest BCUT2D eigenvalue weighted by atomic mass is 9.94. The first-order chi connectivity index (χ1) is 29.0. The fourth-order valence-corrected chi connectivity index (χ4v) is 12.7. The van der Waals surface area contributed by atoms with E-state index >= 15 is 0 Å². The molecule has 1 saturated heterocycles. The summed E-state index contributed by atoms with van der Waals surface area (Å²) in [6.45, 7) is 21.0. The molecule has 1 fully saturated rings. The average molecular weight is 846 g/mol. The van der Waals surface area contributed by atoms with Crippen LogP contribution in [0.1, 0.15) is 93.1 Å². The van der Waals surface area contributed by atoms with Gasteiger partial charge in [-0.2, -0.15) is 0 Å². The number of esters is 1. The van der Waals surface area contributed by atoms with E-state index in [0.717, 1.165) is 45.5 Å². The van der Waals surface area contributed by atoms with E-state index in [1.807, 2.05) is 95.3 Å². The van der Waals surface area contributed by atoms with Gasteiger partial charge in [0.1, 0.15) is 11.7 Å². The minimum atomic E-state index is -3.07. The van der Waals surface area contributed by atoms with Gasteiger partial charge in [-0.25, -0.2) is 9.59 Å². The molecule has 0 aromatic heterocycles. The van der Waals surface area contributed by atoms with Crippen molar-refractivity contribution in [2.45, 2.75) is 135 Å². The molecule has 2 bridgehead atoms. The standard InChI is InChI=1S/C52H67NO7Si/c1-38-21-19-30-49(54)59-48(35-40(3)34-44-33-39(2)32-43(58-44)25-20-24-42(31-38)56-36-41-22-13-10-14-23-41)47(53-50(55)60-51(4,5)6)37-57-61(52(7,8)9,45-26-15-11-16-27-45)46-28-17-12-18-29-46/h10-24,26-30,34,42-44,47-48H,2,25,31-33,35-37H2,1,3-9H3,(H,53,55)/b24-20+,30-19+,38-21+,40-34+/t42?,43-,44-,47-,48-/m0/s1. The van der Waals surface area contributed by atoms with E-state index in [1.54, 1.807) is 6.08 Å². The van der Waals surface area contributed by atoms with Crippen molar-refractivity contribution in [2.75, 3.05) is 6.61 Å². The van der Waals surface area contributed by atoms with Gasteiger partial charge in [0.2, 0.25) is 0 Å². The third kappa shape index (κ3) is 14.4. The highest BCUT2D eigenvalue weighted by Crippen LogP contribution is 2.37. The van der Waals surface area contributed by atoms with Crippen LogP contribution in [0.25, 0.3) is 0 Å². The average Bonchev–Trinajstić information content (AvgIpc) is 3.19. The topological polar surface area (TPSA) is 92.3 Å². The summed E-state index contributed by atoms with van der Waals surface area (Å²) in [6.07, 6.45) is 12.7. The molecule has 326 valence electrons. The molecule has 1 unspecified atom stereocenters. The fraction of sp³-hybridized carbons (Fsp3) is 0.423. The molecule has 3 aromatic rings. The molecule has 2 aliphatic rings. The minimum Gasteiger partial charge on any atom is -0.457 e. The third-order valence-corrected chi connectivity index (χ3v) is 15.9. The second-order valence-electron chi connectivity index (χ2n) is 18.4. The number of fused-ring (bicyclic) bond motifs is 2. The molecule has 0 radical (unpaired) electrons. The van der Waals surface area contributed by atoms with Gasteiger partial charge >= 0.3 is 12.1 Å². The van der Waals surface area contributed by atoms with Crippen LogP contribution >= 0.6 is 0 Å². The first-order valence-electron chi connectivity index (χ1n) is 21.6. The number of nitrogens with one attached hydrogen (secondary N) is 1. The van der Waals surface area contributed by atoms with E-state index < -0.39 is 38.1 Å². The molecule has 5 rings (SSSR count). The number of carbonyl (C=O) groups is 2. The van der Waals surface area contributed by atoms with Crippen LogP contribution in [0.3, 0.4) is 0 Å². The predicted octanol–water partition coefficient (Wildman–Crippen LogP) is 10.2. The van der Waals surface area contributed by atoms with Crippen molar-refractivity contribution in [2.24, 2.45) is 0 Å². The van der Waals surface area contributed by atoms with Crippen LogP contribution in [-0.4, -0.2) is 63.0 Å².